The molecule has 2 aromatic rings. The smallest absolute Gasteiger partial charge is 0.287 e. The molecule has 0 fully saturated rings. The number of hydrogen-bond acceptors (Lipinski definition) is 6. The van der Waals surface area contributed by atoms with Gasteiger partial charge in [-0.05, 0) is 37.6 Å². The average Bonchev–Trinajstić information content (AvgIpc) is 2.55. The second-order valence-electron chi connectivity index (χ2n) is 5.25. The van der Waals surface area contributed by atoms with Gasteiger partial charge in [-0.2, -0.15) is 10.2 Å². The Labute approximate surface area is 144 Å². The number of nitrogens with zero attached hydrogens (tertiary/aromatic N) is 3. The zero-order valence-electron chi connectivity index (χ0n) is 13.9. The van der Waals surface area contributed by atoms with Crippen LogP contribution >= 0.6 is 11.6 Å². The quantitative estimate of drug-likeness (QED) is 0.640. The van der Waals surface area contributed by atoms with Gasteiger partial charge in [-0.15, -0.1) is 0 Å². The second kappa shape index (κ2) is 7.83. The first-order valence-electron chi connectivity index (χ1n) is 7.28. The lowest BCUT2D eigenvalue weighted by Crippen LogP contribution is -2.20. The zero-order valence-corrected chi connectivity index (χ0v) is 14.7. The number of halogens is 1. The Kier molecular flexibility index (Phi) is 5.81. The van der Waals surface area contributed by atoms with Crippen LogP contribution in [0, 0.1) is 0 Å². The number of nitrogens with one attached hydrogen (secondary N) is 1. The first kappa shape index (κ1) is 17.8. The van der Waals surface area contributed by atoms with Crippen LogP contribution in [0.5, 0.6) is 11.5 Å². The molecule has 1 aromatic heterocycles. The number of hydrogen-bond donors (Lipinski definition) is 1. The molecule has 8 heteroatoms. The van der Waals surface area contributed by atoms with Crippen molar-refractivity contribution in [2.24, 2.45) is 12.1 Å². The topological polar surface area (TPSA) is 77.7 Å². The predicted octanol–water partition coefficient (Wildman–Crippen LogP) is 2.68. The number of ether oxygens (including phenoxy) is 2. The number of benzene rings is 1. The third-order valence-corrected chi connectivity index (χ3v) is 3.39. The lowest BCUT2D eigenvalue weighted by molar-refractivity contribution is 0.230. The molecule has 0 radical (unpaired) electrons. The fourth-order valence-corrected chi connectivity index (χ4v) is 2.09. The molecule has 128 valence electrons. The summed E-state index contributed by atoms with van der Waals surface area (Å²) < 4.78 is 12.1. The summed E-state index contributed by atoms with van der Waals surface area (Å²) in [6.07, 6.45) is 3.06. The fourth-order valence-electron chi connectivity index (χ4n) is 1.88. The van der Waals surface area contributed by atoms with Crippen LogP contribution in [0.3, 0.4) is 0 Å². The maximum Gasteiger partial charge on any atom is 0.287 e. The predicted molar refractivity (Wildman–Crippen MR) is 94.5 cm³/mol. The standard InChI is InChI=1S/C16H19ClN4O3/c1-10(2)24-13-6-5-11(7-14(13)23-4)8-18-20-12-9-19-21(3)16(22)15(12)17/h5-10,20H,1-4H3/b18-8-. The summed E-state index contributed by atoms with van der Waals surface area (Å²) in [7, 11) is 3.10. The molecule has 0 unspecified atom stereocenters. The van der Waals surface area contributed by atoms with Crippen molar-refractivity contribution in [2.45, 2.75) is 20.0 Å². The van der Waals surface area contributed by atoms with Crippen molar-refractivity contribution in [3.63, 3.8) is 0 Å². The van der Waals surface area contributed by atoms with Gasteiger partial charge < -0.3 is 9.47 Å². The number of aryl methyl sites for hydroxylation is 1. The van der Waals surface area contributed by atoms with Gasteiger partial charge in [0.05, 0.1) is 25.6 Å². The minimum atomic E-state index is -0.395. The van der Waals surface area contributed by atoms with Crippen molar-refractivity contribution in [1.82, 2.24) is 9.78 Å². The first-order valence-corrected chi connectivity index (χ1v) is 7.65. The molecule has 0 spiro atoms. The molecule has 0 bridgehead atoms. The average molecular weight is 351 g/mol. The molecule has 0 aliphatic heterocycles. The lowest BCUT2D eigenvalue weighted by atomic mass is 10.2. The SMILES string of the molecule is COc1cc(/C=N\Nc2cnn(C)c(=O)c2Cl)ccc1OC(C)C. The molecule has 1 heterocycles. The Balaban J connectivity index is 2.15. The molecule has 0 aliphatic carbocycles. The third kappa shape index (κ3) is 4.26. The minimum absolute atomic E-state index is 0.0305. The fraction of sp³-hybridized carbons (Fsp3) is 0.312. The van der Waals surface area contributed by atoms with E-state index in [0.29, 0.717) is 17.2 Å². The molecule has 0 aliphatic rings. The van der Waals surface area contributed by atoms with Crippen molar-refractivity contribution in [3.8, 4) is 11.5 Å². The zero-order chi connectivity index (χ0) is 17.7. The van der Waals surface area contributed by atoms with Gasteiger partial charge in [0.2, 0.25) is 0 Å². The minimum Gasteiger partial charge on any atom is -0.493 e. The first-order chi connectivity index (χ1) is 11.4. The van der Waals surface area contributed by atoms with E-state index >= 15 is 0 Å². The largest absolute Gasteiger partial charge is 0.493 e. The maximum absolute atomic E-state index is 11.7. The summed E-state index contributed by atoms with van der Waals surface area (Å²) in [5, 5.41) is 7.97. The Bertz CT molecular complexity index is 802. The van der Waals surface area contributed by atoms with Gasteiger partial charge in [-0.3, -0.25) is 10.2 Å². The summed E-state index contributed by atoms with van der Waals surface area (Å²) in [5.74, 6) is 1.28. The highest BCUT2D eigenvalue weighted by Gasteiger charge is 2.08. The third-order valence-electron chi connectivity index (χ3n) is 3.03. The van der Waals surface area contributed by atoms with Crippen LogP contribution in [0.1, 0.15) is 19.4 Å². The van der Waals surface area contributed by atoms with E-state index in [9.17, 15) is 4.79 Å². The molecule has 0 amide bonds. The summed E-state index contributed by atoms with van der Waals surface area (Å²) >= 11 is 5.95. The van der Waals surface area contributed by atoms with Crippen LogP contribution in [-0.4, -0.2) is 29.2 Å². The van der Waals surface area contributed by atoms with Crippen LogP contribution in [0.4, 0.5) is 5.69 Å². The molecular formula is C16H19ClN4O3. The Morgan fingerprint density at radius 3 is 2.79 bits per heavy atom. The van der Waals surface area contributed by atoms with Crippen molar-refractivity contribution in [3.05, 3.63) is 45.3 Å². The van der Waals surface area contributed by atoms with Crippen LogP contribution in [0.15, 0.2) is 34.3 Å². The monoisotopic (exact) mass is 350 g/mol. The van der Waals surface area contributed by atoms with Gasteiger partial charge in [-0.1, -0.05) is 11.6 Å². The van der Waals surface area contributed by atoms with Crippen molar-refractivity contribution in [1.29, 1.82) is 0 Å². The maximum atomic E-state index is 11.7. The molecule has 24 heavy (non-hydrogen) atoms. The molecule has 2 rings (SSSR count). The van der Waals surface area contributed by atoms with Gasteiger partial charge in [0.1, 0.15) is 10.7 Å². The number of aromatic nitrogens is 2. The molecular weight excluding hydrogens is 332 g/mol. The van der Waals surface area contributed by atoms with Gasteiger partial charge in [0, 0.05) is 7.05 Å². The van der Waals surface area contributed by atoms with E-state index < -0.39 is 5.56 Å². The molecule has 1 N–H and O–H groups in total. The number of anilines is 1. The Morgan fingerprint density at radius 1 is 1.38 bits per heavy atom. The molecule has 0 saturated heterocycles. The lowest BCUT2D eigenvalue weighted by Gasteiger charge is -2.13. The van der Waals surface area contributed by atoms with Crippen LogP contribution in [0.25, 0.3) is 0 Å². The highest BCUT2D eigenvalue weighted by Crippen LogP contribution is 2.28. The summed E-state index contributed by atoms with van der Waals surface area (Å²) in [6, 6.07) is 5.45. The van der Waals surface area contributed by atoms with E-state index in [-0.39, 0.29) is 11.1 Å². The van der Waals surface area contributed by atoms with Crippen LogP contribution in [0.2, 0.25) is 5.02 Å². The Hall–Kier alpha value is -2.54. The van der Waals surface area contributed by atoms with E-state index in [0.717, 1.165) is 10.2 Å². The van der Waals surface area contributed by atoms with Crippen LogP contribution < -0.4 is 20.5 Å². The van der Waals surface area contributed by atoms with Gasteiger partial charge >= 0.3 is 0 Å². The summed E-state index contributed by atoms with van der Waals surface area (Å²) in [6.45, 7) is 3.89. The number of methoxy groups -OCH3 is 1. The highest BCUT2D eigenvalue weighted by atomic mass is 35.5. The normalized spacial score (nSPS) is 11.1. The van der Waals surface area contributed by atoms with E-state index in [1.165, 1.54) is 13.2 Å². The number of hydrazone groups is 1. The molecule has 1 aromatic carbocycles. The van der Waals surface area contributed by atoms with Crippen molar-refractivity contribution >= 4 is 23.5 Å². The summed E-state index contributed by atoms with van der Waals surface area (Å²) in [4.78, 5) is 11.7. The summed E-state index contributed by atoms with van der Waals surface area (Å²) in [5.41, 5.74) is 3.44. The Morgan fingerprint density at radius 2 is 2.12 bits per heavy atom. The molecule has 0 atom stereocenters. The van der Waals surface area contributed by atoms with E-state index in [4.69, 9.17) is 21.1 Å². The molecule has 7 nitrogen and oxygen atoms in total. The second-order valence-corrected chi connectivity index (χ2v) is 5.63. The highest BCUT2D eigenvalue weighted by molar-refractivity contribution is 6.32. The molecule has 0 saturated carbocycles. The van der Waals surface area contributed by atoms with Gasteiger partial charge in [0.15, 0.2) is 11.5 Å². The van der Waals surface area contributed by atoms with Crippen molar-refractivity contribution in [2.75, 3.05) is 12.5 Å². The van der Waals surface area contributed by atoms with E-state index in [2.05, 4.69) is 15.6 Å². The van der Waals surface area contributed by atoms with Crippen LogP contribution in [-0.2, 0) is 7.05 Å². The van der Waals surface area contributed by atoms with Crippen molar-refractivity contribution < 1.29 is 9.47 Å². The van der Waals surface area contributed by atoms with E-state index in [1.54, 1.807) is 19.4 Å². The van der Waals surface area contributed by atoms with Gasteiger partial charge in [-0.25, -0.2) is 4.68 Å². The van der Waals surface area contributed by atoms with E-state index in [1.807, 2.05) is 26.0 Å². The van der Waals surface area contributed by atoms with Gasteiger partial charge in [0.25, 0.3) is 5.56 Å². The number of rotatable bonds is 6.